The van der Waals surface area contributed by atoms with Crippen LogP contribution in [0.25, 0.3) is 0 Å². The van der Waals surface area contributed by atoms with E-state index in [9.17, 15) is 0 Å². The van der Waals surface area contributed by atoms with Crippen LogP contribution in [0.5, 0.6) is 0 Å². The third-order valence-electron chi connectivity index (χ3n) is 3.78. The molecule has 0 aromatic rings. The monoisotopic (exact) mass is 303 g/mol. The van der Waals surface area contributed by atoms with Gasteiger partial charge in [-0.2, -0.15) is 0 Å². The van der Waals surface area contributed by atoms with E-state index in [1.807, 2.05) is 13.8 Å². The highest BCUT2D eigenvalue weighted by Gasteiger charge is 2.33. The van der Waals surface area contributed by atoms with Crippen molar-refractivity contribution < 1.29 is 18.9 Å². The van der Waals surface area contributed by atoms with E-state index >= 15 is 0 Å². The fraction of sp³-hybridized carbons (Fsp3) is 1.00. The first-order chi connectivity index (χ1) is 9.74. The van der Waals surface area contributed by atoms with E-state index in [1.165, 1.54) is 0 Å². The molecule has 0 aromatic carbocycles. The SMILES string of the molecule is COCCN(C)CCOC(C)(C)CCC1COC(C)(C)O1. The predicted octanol–water partition coefficient (Wildman–Crippen LogP) is 2.29. The Morgan fingerprint density at radius 3 is 2.48 bits per heavy atom. The van der Waals surface area contributed by atoms with Crippen molar-refractivity contribution in [2.45, 2.75) is 58.0 Å². The van der Waals surface area contributed by atoms with Gasteiger partial charge < -0.3 is 23.8 Å². The average Bonchev–Trinajstić information content (AvgIpc) is 2.74. The van der Waals surface area contributed by atoms with Gasteiger partial charge in [-0.05, 0) is 47.6 Å². The van der Waals surface area contributed by atoms with Crippen LogP contribution in [0.2, 0.25) is 0 Å². The van der Waals surface area contributed by atoms with Crippen molar-refractivity contribution >= 4 is 0 Å². The summed E-state index contributed by atoms with van der Waals surface area (Å²) in [5.41, 5.74) is -0.127. The molecule has 5 nitrogen and oxygen atoms in total. The standard InChI is InChI=1S/C16H33NO4/c1-15(2,19-12-10-17(5)9-11-18-6)8-7-14-13-20-16(3,4)21-14/h14H,7-13H2,1-6H3. The molecule has 5 heteroatoms. The van der Waals surface area contributed by atoms with Gasteiger partial charge in [0, 0.05) is 20.2 Å². The van der Waals surface area contributed by atoms with Gasteiger partial charge in [-0.3, -0.25) is 0 Å². The van der Waals surface area contributed by atoms with Crippen molar-refractivity contribution in [1.29, 1.82) is 0 Å². The van der Waals surface area contributed by atoms with Crippen LogP contribution < -0.4 is 0 Å². The largest absolute Gasteiger partial charge is 0.383 e. The van der Waals surface area contributed by atoms with Crippen molar-refractivity contribution in [3.63, 3.8) is 0 Å². The smallest absolute Gasteiger partial charge is 0.163 e. The molecule has 21 heavy (non-hydrogen) atoms. The van der Waals surface area contributed by atoms with Crippen LogP contribution in [-0.4, -0.2) is 69.5 Å². The Balaban J connectivity index is 2.15. The van der Waals surface area contributed by atoms with Crippen molar-refractivity contribution in [2.24, 2.45) is 0 Å². The molecule has 1 aliphatic heterocycles. The first kappa shape index (κ1) is 18.8. The molecular formula is C16H33NO4. The minimum absolute atomic E-state index is 0.127. The van der Waals surface area contributed by atoms with Gasteiger partial charge >= 0.3 is 0 Å². The molecule has 1 fully saturated rings. The summed E-state index contributed by atoms with van der Waals surface area (Å²) in [5.74, 6) is -0.431. The highest BCUT2D eigenvalue weighted by molar-refractivity contribution is 4.76. The zero-order valence-electron chi connectivity index (χ0n) is 14.6. The molecular weight excluding hydrogens is 270 g/mol. The number of hydrogen-bond acceptors (Lipinski definition) is 5. The van der Waals surface area contributed by atoms with Gasteiger partial charge in [0.05, 0.1) is 31.5 Å². The molecule has 0 aromatic heterocycles. The van der Waals surface area contributed by atoms with Crippen LogP contribution in [0.1, 0.15) is 40.5 Å². The third-order valence-corrected chi connectivity index (χ3v) is 3.78. The fourth-order valence-electron chi connectivity index (χ4n) is 2.32. The average molecular weight is 303 g/mol. The Bertz CT molecular complexity index is 294. The molecule has 0 aliphatic carbocycles. The quantitative estimate of drug-likeness (QED) is 0.619. The molecule has 126 valence electrons. The summed E-state index contributed by atoms with van der Waals surface area (Å²) in [6, 6.07) is 0. The zero-order valence-corrected chi connectivity index (χ0v) is 14.6. The molecule has 1 aliphatic rings. The van der Waals surface area contributed by atoms with Gasteiger partial charge in [-0.1, -0.05) is 0 Å². The first-order valence-corrected chi connectivity index (χ1v) is 7.87. The number of ether oxygens (including phenoxy) is 4. The van der Waals surface area contributed by atoms with Crippen LogP contribution in [0.15, 0.2) is 0 Å². The van der Waals surface area contributed by atoms with E-state index in [1.54, 1.807) is 7.11 Å². The predicted molar refractivity (Wildman–Crippen MR) is 83.5 cm³/mol. The third kappa shape index (κ3) is 8.12. The molecule has 1 heterocycles. The van der Waals surface area contributed by atoms with E-state index in [2.05, 4.69) is 25.8 Å². The number of nitrogens with zero attached hydrogens (tertiary/aromatic N) is 1. The van der Waals surface area contributed by atoms with Crippen molar-refractivity contribution in [1.82, 2.24) is 4.90 Å². The molecule has 0 radical (unpaired) electrons. The molecule has 0 spiro atoms. The highest BCUT2D eigenvalue weighted by atomic mass is 16.7. The number of methoxy groups -OCH3 is 1. The molecule has 1 saturated heterocycles. The molecule has 1 rings (SSSR count). The minimum Gasteiger partial charge on any atom is -0.383 e. The lowest BCUT2D eigenvalue weighted by Crippen LogP contribution is -2.32. The van der Waals surface area contributed by atoms with E-state index in [0.717, 1.165) is 39.1 Å². The van der Waals surface area contributed by atoms with Crippen LogP contribution >= 0.6 is 0 Å². The Morgan fingerprint density at radius 2 is 1.90 bits per heavy atom. The Hall–Kier alpha value is -0.200. The summed E-state index contributed by atoms with van der Waals surface area (Å²) in [5, 5.41) is 0. The second kappa shape index (κ2) is 8.44. The molecule has 0 amide bonds. The second-order valence-electron chi connectivity index (χ2n) is 6.89. The number of hydrogen-bond donors (Lipinski definition) is 0. The summed E-state index contributed by atoms with van der Waals surface area (Å²) >= 11 is 0. The van der Waals surface area contributed by atoms with Gasteiger partial charge in [0.1, 0.15) is 0 Å². The maximum absolute atomic E-state index is 6.01. The lowest BCUT2D eigenvalue weighted by Gasteiger charge is -2.28. The summed E-state index contributed by atoms with van der Waals surface area (Å²) < 4.78 is 22.5. The van der Waals surface area contributed by atoms with Gasteiger partial charge in [0.25, 0.3) is 0 Å². The second-order valence-corrected chi connectivity index (χ2v) is 6.89. The number of rotatable bonds is 10. The van der Waals surface area contributed by atoms with Crippen LogP contribution in [0.3, 0.4) is 0 Å². The minimum atomic E-state index is -0.431. The Labute approximate surface area is 129 Å². The maximum Gasteiger partial charge on any atom is 0.163 e. The fourth-order valence-corrected chi connectivity index (χ4v) is 2.32. The van der Waals surface area contributed by atoms with Gasteiger partial charge in [0.15, 0.2) is 5.79 Å². The summed E-state index contributed by atoms with van der Waals surface area (Å²) in [4.78, 5) is 2.22. The molecule has 1 atom stereocenters. The van der Waals surface area contributed by atoms with E-state index in [-0.39, 0.29) is 11.7 Å². The molecule has 0 saturated carbocycles. The zero-order chi connectivity index (χ0) is 15.9. The lowest BCUT2D eigenvalue weighted by atomic mass is 10.00. The summed E-state index contributed by atoms with van der Waals surface area (Å²) in [7, 11) is 3.81. The van der Waals surface area contributed by atoms with Crippen LogP contribution in [0, 0.1) is 0 Å². The van der Waals surface area contributed by atoms with Gasteiger partial charge in [0.2, 0.25) is 0 Å². The first-order valence-electron chi connectivity index (χ1n) is 7.87. The maximum atomic E-state index is 6.01. The normalized spacial score (nSPS) is 22.1. The van der Waals surface area contributed by atoms with E-state index < -0.39 is 5.79 Å². The van der Waals surface area contributed by atoms with Crippen LogP contribution in [-0.2, 0) is 18.9 Å². The highest BCUT2D eigenvalue weighted by Crippen LogP contribution is 2.27. The lowest BCUT2D eigenvalue weighted by molar-refractivity contribution is -0.141. The summed E-state index contributed by atoms with van der Waals surface area (Å²) in [6.45, 7) is 12.2. The van der Waals surface area contributed by atoms with Crippen molar-refractivity contribution in [2.75, 3.05) is 47.1 Å². The molecule has 0 N–H and O–H groups in total. The Morgan fingerprint density at radius 1 is 1.24 bits per heavy atom. The van der Waals surface area contributed by atoms with Gasteiger partial charge in [-0.25, -0.2) is 0 Å². The van der Waals surface area contributed by atoms with Crippen molar-refractivity contribution in [3.8, 4) is 0 Å². The molecule has 1 unspecified atom stereocenters. The number of likely N-dealkylation sites (N-methyl/N-ethyl adjacent to an activating group) is 1. The Kier molecular flexibility index (Phi) is 7.57. The van der Waals surface area contributed by atoms with E-state index in [4.69, 9.17) is 18.9 Å². The van der Waals surface area contributed by atoms with Crippen molar-refractivity contribution in [3.05, 3.63) is 0 Å². The van der Waals surface area contributed by atoms with E-state index in [0.29, 0.717) is 6.61 Å². The van der Waals surface area contributed by atoms with Crippen LogP contribution in [0.4, 0.5) is 0 Å². The van der Waals surface area contributed by atoms with Gasteiger partial charge in [-0.15, -0.1) is 0 Å². The topological polar surface area (TPSA) is 40.2 Å². The summed E-state index contributed by atoms with van der Waals surface area (Å²) in [6.07, 6.45) is 2.13. The molecule has 0 bridgehead atoms.